The highest BCUT2D eigenvalue weighted by atomic mass is 16.5. The first-order valence-electron chi connectivity index (χ1n) is 7.53. The molecule has 3 aromatic rings. The summed E-state index contributed by atoms with van der Waals surface area (Å²) in [5, 5.41) is 9.17. The van der Waals surface area contributed by atoms with Gasteiger partial charge in [0.1, 0.15) is 5.75 Å². The third-order valence-electron chi connectivity index (χ3n) is 3.50. The first kappa shape index (κ1) is 16.3. The average Bonchev–Trinajstić information content (AvgIpc) is 2.63. The van der Waals surface area contributed by atoms with E-state index in [4.69, 9.17) is 4.74 Å². The van der Waals surface area contributed by atoms with Crippen LogP contribution in [0, 0.1) is 0 Å². The molecule has 1 aromatic heterocycles. The van der Waals surface area contributed by atoms with Gasteiger partial charge in [0.2, 0.25) is 0 Å². The third kappa shape index (κ3) is 4.06. The molecule has 2 aromatic carbocycles. The predicted molar refractivity (Wildman–Crippen MR) is 90.0 cm³/mol. The highest BCUT2D eigenvalue weighted by Gasteiger charge is 2.14. The number of carbonyl (C=O) groups excluding carboxylic acids is 1. The summed E-state index contributed by atoms with van der Waals surface area (Å²) in [6.07, 6.45) is 2.71. The molecule has 25 heavy (non-hydrogen) atoms. The molecule has 0 atom stereocenters. The van der Waals surface area contributed by atoms with Crippen molar-refractivity contribution in [3.8, 4) is 11.8 Å². The van der Waals surface area contributed by atoms with E-state index in [9.17, 15) is 14.7 Å². The summed E-state index contributed by atoms with van der Waals surface area (Å²) in [5.74, 6) is -0.733. The number of ether oxygens (including phenoxy) is 1. The standard InChI is InChI=1S/C19H14N2O4/c22-17(10-13-6-4-5-9-16(13)18(23)24)14-11-20-19(21-12-14)25-15-7-2-1-3-8-15/h1-9,11-12H,10H2,(H,23,24). The number of ketones is 1. The number of carboxylic acids is 1. The Morgan fingerprint density at radius 1 is 0.920 bits per heavy atom. The van der Waals surface area contributed by atoms with Gasteiger partial charge in [0, 0.05) is 18.8 Å². The van der Waals surface area contributed by atoms with E-state index in [0.29, 0.717) is 16.9 Å². The number of hydrogen-bond acceptors (Lipinski definition) is 5. The number of para-hydroxylation sites is 1. The molecule has 0 amide bonds. The van der Waals surface area contributed by atoms with Crippen molar-refractivity contribution < 1.29 is 19.4 Å². The Morgan fingerprint density at radius 2 is 1.56 bits per heavy atom. The van der Waals surface area contributed by atoms with E-state index in [1.165, 1.54) is 18.5 Å². The zero-order valence-electron chi connectivity index (χ0n) is 13.1. The van der Waals surface area contributed by atoms with Gasteiger partial charge in [-0.05, 0) is 23.8 Å². The molecule has 0 radical (unpaired) electrons. The highest BCUT2D eigenvalue weighted by molar-refractivity contribution is 5.99. The van der Waals surface area contributed by atoms with Crippen LogP contribution in [0.3, 0.4) is 0 Å². The van der Waals surface area contributed by atoms with Crippen LogP contribution in [-0.4, -0.2) is 26.8 Å². The predicted octanol–water partition coefficient (Wildman–Crippen LogP) is 3.39. The van der Waals surface area contributed by atoms with E-state index in [1.54, 1.807) is 30.3 Å². The fourth-order valence-corrected chi connectivity index (χ4v) is 2.26. The Hall–Kier alpha value is -3.54. The van der Waals surface area contributed by atoms with Gasteiger partial charge in [-0.15, -0.1) is 0 Å². The molecule has 0 aliphatic heterocycles. The van der Waals surface area contributed by atoms with Crippen molar-refractivity contribution in [1.82, 2.24) is 9.97 Å². The van der Waals surface area contributed by atoms with E-state index in [-0.39, 0.29) is 23.8 Å². The number of Topliss-reactive ketones (excluding diaryl/α,β-unsaturated/α-hetero) is 1. The smallest absolute Gasteiger partial charge is 0.335 e. The number of nitrogens with zero attached hydrogens (tertiary/aromatic N) is 2. The Morgan fingerprint density at radius 3 is 2.24 bits per heavy atom. The summed E-state index contributed by atoms with van der Waals surface area (Å²) in [6, 6.07) is 15.6. The molecule has 0 bridgehead atoms. The summed E-state index contributed by atoms with van der Waals surface area (Å²) in [5.41, 5.74) is 0.853. The SMILES string of the molecule is O=C(Cc1ccccc1C(=O)O)c1cnc(Oc2ccccc2)nc1. The number of benzene rings is 2. The zero-order chi connectivity index (χ0) is 17.6. The van der Waals surface area contributed by atoms with Gasteiger partial charge in [0.25, 0.3) is 0 Å². The largest absolute Gasteiger partial charge is 0.478 e. The molecular weight excluding hydrogens is 320 g/mol. The molecular formula is C19H14N2O4. The second-order valence-corrected chi connectivity index (χ2v) is 5.23. The number of rotatable bonds is 6. The summed E-state index contributed by atoms with van der Waals surface area (Å²) in [4.78, 5) is 31.6. The van der Waals surface area contributed by atoms with Crippen molar-refractivity contribution in [3.05, 3.63) is 83.7 Å². The first-order chi connectivity index (χ1) is 12.1. The Balaban J connectivity index is 1.72. The first-order valence-corrected chi connectivity index (χ1v) is 7.53. The summed E-state index contributed by atoms with van der Waals surface area (Å²) >= 11 is 0. The van der Waals surface area contributed by atoms with Crippen molar-refractivity contribution in [2.45, 2.75) is 6.42 Å². The maximum absolute atomic E-state index is 12.3. The number of hydrogen-bond donors (Lipinski definition) is 1. The molecule has 1 heterocycles. The molecule has 0 aliphatic carbocycles. The average molecular weight is 334 g/mol. The Bertz CT molecular complexity index is 893. The molecule has 0 unspecified atom stereocenters. The number of aromatic nitrogens is 2. The van der Waals surface area contributed by atoms with Crippen LogP contribution in [0.1, 0.15) is 26.3 Å². The molecule has 0 fully saturated rings. The number of aromatic carboxylic acids is 1. The van der Waals surface area contributed by atoms with E-state index in [1.807, 2.05) is 18.2 Å². The van der Waals surface area contributed by atoms with Crippen LogP contribution in [0.4, 0.5) is 0 Å². The lowest BCUT2D eigenvalue weighted by Crippen LogP contribution is -2.09. The van der Waals surface area contributed by atoms with Crippen LogP contribution in [0.15, 0.2) is 67.0 Å². The quantitative estimate of drug-likeness (QED) is 0.695. The molecule has 0 saturated heterocycles. The number of carboxylic acid groups (broad SMARTS) is 1. The van der Waals surface area contributed by atoms with E-state index < -0.39 is 5.97 Å². The second-order valence-electron chi connectivity index (χ2n) is 5.23. The van der Waals surface area contributed by atoms with Crippen LogP contribution >= 0.6 is 0 Å². The van der Waals surface area contributed by atoms with E-state index in [0.717, 1.165) is 0 Å². The van der Waals surface area contributed by atoms with Crippen LogP contribution in [-0.2, 0) is 6.42 Å². The van der Waals surface area contributed by atoms with Gasteiger partial charge < -0.3 is 9.84 Å². The highest BCUT2D eigenvalue weighted by Crippen LogP contribution is 2.17. The fourth-order valence-electron chi connectivity index (χ4n) is 2.26. The van der Waals surface area contributed by atoms with E-state index >= 15 is 0 Å². The lowest BCUT2D eigenvalue weighted by molar-refractivity contribution is 0.0696. The monoisotopic (exact) mass is 334 g/mol. The zero-order valence-corrected chi connectivity index (χ0v) is 13.1. The van der Waals surface area contributed by atoms with Crippen molar-refractivity contribution in [1.29, 1.82) is 0 Å². The molecule has 3 rings (SSSR count). The van der Waals surface area contributed by atoms with Gasteiger partial charge in [-0.25, -0.2) is 14.8 Å². The maximum Gasteiger partial charge on any atom is 0.335 e. The molecule has 124 valence electrons. The molecule has 6 heteroatoms. The molecule has 0 aliphatic rings. The van der Waals surface area contributed by atoms with Crippen LogP contribution in [0.25, 0.3) is 0 Å². The molecule has 0 saturated carbocycles. The van der Waals surface area contributed by atoms with Crippen LogP contribution in [0.2, 0.25) is 0 Å². The number of carbonyl (C=O) groups is 2. The molecule has 0 spiro atoms. The van der Waals surface area contributed by atoms with Gasteiger partial charge >= 0.3 is 12.0 Å². The summed E-state index contributed by atoms with van der Waals surface area (Å²) in [6.45, 7) is 0. The van der Waals surface area contributed by atoms with Crippen molar-refractivity contribution in [2.75, 3.05) is 0 Å². The van der Waals surface area contributed by atoms with Crippen LogP contribution < -0.4 is 4.74 Å². The summed E-state index contributed by atoms with van der Waals surface area (Å²) < 4.78 is 5.47. The van der Waals surface area contributed by atoms with Crippen LogP contribution in [0.5, 0.6) is 11.8 Å². The minimum absolute atomic E-state index is 0.0370. The lowest BCUT2D eigenvalue weighted by Gasteiger charge is -2.06. The van der Waals surface area contributed by atoms with Gasteiger partial charge in [0.05, 0.1) is 11.1 Å². The minimum atomic E-state index is -1.06. The minimum Gasteiger partial charge on any atom is -0.478 e. The Kier molecular flexibility index (Phi) is 4.80. The van der Waals surface area contributed by atoms with Gasteiger partial charge in [0.15, 0.2) is 5.78 Å². The molecule has 6 nitrogen and oxygen atoms in total. The lowest BCUT2D eigenvalue weighted by atomic mass is 10.0. The summed E-state index contributed by atoms with van der Waals surface area (Å²) in [7, 11) is 0. The molecule has 1 N–H and O–H groups in total. The second kappa shape index (κ2) is 7.35. The topological polar surface area (TPSA) is 89.4 Å². The van der Waals surface area contributed by atoms with E-state index in [2.05, 4.69) is 9.97 Å². The van der Waals surface area contributed by atoms with Gasteiger partial charge in [-0.1, -0.05) is 36.4 Å². The van der Waals surface area contributed by atoms with Crippen molar-refractivity contribution in [3.63, 3.8) is 0 Å². The third-order valence-corrected chi connectivity index (χ3v) is 3.50. The van der Waals surface area contributed by atoms with Gasteiger partial charge in [-0.3, -0.25) is 4.79 Å². The maximum atomic E-state index is 12.3. The fraction of sp³-hybridized carbons (Fsp3) is 0.0526. The normalized spacial score (nSPS) is 10.2. The van der Waals surface area contributed by atoms with Crippen molar-refractivity contribution in [2.24, 2.45) is 0 Å². The Labute approximate surface area is 143 Å². The van der Waals surface area contributed by atoms with Crippen molar-refractivity contribution >= 4 is 11.8 Å². The van der Waals surface area contributed by atoms with Gasteiger partial charge in [-0.2, -0.15) is 0 Å².